The molecule has 1 aliphatic heterocycles. The van der Waals surface area contributed by atoms with E-state index in [4.69, 9.17) is 10.5 Å². The molecule has 1 aromatic rings. The van der Waals surface area contributed by atoms with Crippen LogP contribution in [-0.4, -0.2) is 40.6 Å². The number of ether oxygens (including phenoxy) is 1. The molecule has 26 heavy (non-hydrogen) atoms. The van der Waals surface area contributed by atoms with Crippen LogP contribution in [-0.2, 0) is 4.74 Å². The van der Waals surface area contributed by atoms with Crippen molar-refractivity contribution >= 4 is 33.6 Å². The fourth-order valence-electron chi connectivity index (χ4n) is 3.18. The summed E-state index contributed by atoms with van der Waals surface area (Å²) in [7, 11) is 0. The lowest BCUT2D eigenvalue weighted by atomic mass is 9.87. The normalized spacial score (nSPS) is 19.8. The third-order valence-electron chi connectivity index (χ3n) is 4.39. The van der Waals surface area contributed by atoms with E-state index in [9.17, 15) is 9.59 Å². The van der Waals surface area contributed by atoms with Gasteiger partial charge in [0, 0.05) is 28.3 Å². The van der Waals surface area contributed by atoms with E-state index in [1.165, 1.54) is 0 Å². The molecule has 0 radical (unpaired) electrons. The Kier molecular flexibility index (Phi) is 5.90. The van der Waals surface area contributed by atoms with Gasteiger partial charge in [0.1, 0.15) is 5.60 Å². The molecule has 0 aromatic heterocycles. The first-order chi connectivity index (χ1) is 11.9. The van der Waals surface area contributed by atoms with Crippen molar-refractivity contribution in [2.75, 3.05) is 12.3 Å². The Labute approximate surface area is 163 Å². The van der Waals surface area contributed by atoms with Gasteiger partial charge < -0.3 is 20.7 Å². The van der Waals surface area contributed by atoms with Crippen molar-refractivity contribution in [3.63, 3.8) is 0 Å². The van der Waals surface area contributed by atoms with Gasteiger partial charge >= 0.3 is 6.09 Å². The lowest BCUT2D eigenvalue weighted by Gasteiger charge is -2.45. The maximum atomic E-state index is 12.5. The van der Waals surface area contributed by atoms with E-state index in [1.54, 1.807) is 23.1 Å². The Morgan fingerprint density at radius 1 is 1.35 bits per heavy atom. The minimum absolute atomic E-state index is 0.0285. The van der Waals surface area contributed by atoms with E-state index in [2.05, 4.69) is 21.2 Å². The highest BCUT2D eigenvalue weighted by Crippen LogP contribution is 2.30. The molecule has 0 bridgehead atoms. The highest BCUT2D eigenvalue weighted by molar-refractivity contribution is 9.10. The molecule has 1 aromatic carbocycles. The lowest BCUT2D eigenvalue weighted by molar-refractivity contribution is -0.0104. The van der Waals surface area contributed by atoms with Gasteiger partial charge in [-0.15, -0.1) is 0 Å². The average Bonchev–Trinajstić information content (AvgIpc) is 2.43. The fraction of sp³-hybridized carbons (Fsp3) is 0.579. The van der Waals surface area contributed by atoms with Crippen LogP contribution in [0.25, 0.3) is 0 Å². The number of hydrogen-bond acceptors (Lipinski definition) is 4. The largest absolute Gasteiger partial charge is 0.444 e. The van der Waals surface area contributed by atoms with Crippen LogP contribution in [0.1, 0.15) is 57.8 Å². The van der Waals surface area contributed by atoms with Crippen LogP contribution < -0.4 is 11.1 Å². The quantitative estimate of drug-likeness (QED) is 0.702. The summed E-state index contributed by atoms with van der Waals surface area (Å²) in [6.45, 7) is 10.1. The smallest absolute Gasteiger partial charge is 0.410 e. The van der Waals surface area contributed by atoms with E-state index in [0.29, 0.717) is 30.6 Å². The molecule has 0 aliphatic carbocycles. The van der Waals surface area contributed by atoms with Crippen molar-refractivity contribution in [1.82, 2.24) is 10.2 Å². The molecule has 2 rings (SSSR count). The molecule has 3 N–H and O–H groups in total. The predicted octanol–water partition coefficient (Wildman–Crippen LogP) is 3.94. The molecule has 1 saturated heterocycles. The molecule has 144 valence electrons. The average molecular weight is 426 g/mol. The predicted molar refractivity (Wildman–Crippen MR) is 106 cm³/mol. The second-order valence-corrected chi connectivity index (χ2v) is 9.25. The Morgan fingerprint density at radius 2 is 2.00 bits per heavy atom. The summed E-state index contributed by atoms with van der Waals surface area (Å²) in [5.41, 5.74) is 5.89. The van der Waals surface area contributed by atoms with Gasteiger partial charge in [0.25, 0.3) is 5.91 Å². The minimum Gasteiger partial charge on any atom is -0.444 e. The van der Waals surface area contributed by atoms with Crippen LogP contribution in [0.5, 0.6) is 0 Å². The minimum atomic E-state index is -0.530. The van der Waals surface area contributed by atoms with Crippen molar-refractivity contribution in [2.45, 2.75) is 64.6 Å². The van der Waals surface area contributed by atoms with Crippen LogP contribution in [0.3, 0.4) is 0 Å². The zero-order valence-corrected chi connectivity index (χ0v) is 17.6. The van der Waals surface area contributed by atoms with E-state index < -0.39 is 11.1 Å². The van der Waals surface area contributed by atoms with Gasteiger partial charge in [0.2, 0.25) is 0 Å². The molecule has 2 amide bonds. The van der Waals surface area contributed by atoms with Crippen LogP contribution in [0.4, 0.5) is 10.5 Å². The Hall–Kier alpha value is -1.76. The second kappa shape index (κ2) is 7.47. The fourth-order valence-corrected chi connectivity index (χ4v) is 3.56. The number of hydrogen-bond donors (Lipinski definition) is 2. The topological polar surface area (TPSA) is 84.7 Å². The molecule has 7 heteroatoms. The molecule has 0 saturated carbocycles. The van der Waals surface area contributed by atoms with Crippen molar-refractivity contribution in [1.29, 1.82) is 0 Å². The van der Waals surface area contributed by atoms with Crippen LogP contribution in [0.15, 0.2) is 22.7 Å². The van der Waals surface area contributed by atoms with E-state index in [-0.39, 0.29) is 18.0 Å². The first-order valence-electron chi connectivity index (χ1n) is 8.75. The van der Waals surface area contributed by atoms with Crippen molar-refractivity contribution < 1.29 is 14.3 Å². The van der Waals surface area contributed by atoms with Gasteiger partial charge in [-0.2, -0.15) is 0 Å². The number of likely N-dealkylation sites (tertiary alicyclic amines) is 1. The number of nitrogens with two attached hydrogens (primary N) is 1. The third kappa shape index (κ3) is 5.13. The van der Waals surface area contributed by atoms with Gasteiger partial charge in [-0.3, -0.25) is 4.79 Å². The highest BCUT2D eigenvalue weighted by Gasteiger charge is 2.40. The number of nitrogen functional groups attached to an aromatic ring is 1. The summed E-state index contributed by atoms with van der Waals surface area (Å²) in [6.07, 6.45) is 1.00. The standard InChI is InChI=1S/C19H28BrN3O3/c1-18(2,3)26-17(25)23-9-8-13(11-19(23,4)5)22-16(24)14-7-6-12(20)10-15(14)21/h6-7,10,13H,8-9,11,21H2,1-5H3,(H,22,24). The lowest BCUT2D eigenvalue weighted by Crippen LogP contribution is -2.58. The van der Waals surface area contributed by atoms with Crippen LogP contribution >= 0.6 is 15.9 Å². The van der Waals surface area contributed by atoms with Gasteiger partial charge in [0.15, 0.2) is 0 Å². The van der Waals surface area contributed by atoms with Gasteiger partial charge in [-0.25, -0.2) is 4.79 Å². The van der Waals surface area contributed by atoms with Crippen molar-refractivity contribution in [2.24, 2.45) is 0 Å². The summed E-state index contributed by atoms with van der Waals surface area (Å²) < 4.78 is 6.34. The number of benzene rings is 1. The molecule has 6 nitrogen and oxygen atoms in total. The SMILES string of the molecule is CC(C)(C)OC(=O)N1CCC(NC(=O)c2ccc(Br)cc2N)CC1(C)C. The maximum Gasteiger partial charge on any atom is 0.410 e. The molecular formula is C19H28BrN3O3. The number of carbonyl (C=O) groups excluding carboxylic acids is 2. The Balaban J connectivity index is 2.02. The first-order valence-corrected chi connectivity index (χ1v) is 9.55. The van der Waals surface area contributed by atoms with Gasteiger partial charge in [0.05, 0.1) is 5.56 Å². The van der Waals surface area contributed by atoms with Crippen LogP contribution in [0, 0.1) is 0 Å². The van der Waals surface area contributed by atoms with Gasteiger partial charge in [-0.1, -0.05) is 15.9 Å². The molecule has 1 heterocycles. The number of halogens is 1. The van der Waals surface area contributed by atoms with Crippen molar-refractivity contribution in [3.8, 4) is 0 Å². The zero-order chi connectivity index (χ0) is 19.7. The monoisotopic (exact) mass is 425 g/mol. The summed E-state index contributed by atoms with van der Waals surface area (Å²) in [5.74, 6) is -0.193. The van der Waals surface area contributed by atoms with E-state index in [0.717, 1.165) is 4.47 Å². The zero-order valence-electron chi connectivity index (χ0n) is 16.1. The molecule has 0 spiro atoms. The number of nitrogens with one attached hydrogen (secondary N) is 1. The van der Waals surface area contributed by atoms with Gasteiger partial charge in [-0.05, 0) is 65.7 Å². The van der Waals surface area contributed by atoms with E-state index in [1.807, 2.05) is 34.6 Å². The second-order valence-electron chi connectivity index (χ2n) is 8.34. The number of anilines is 1. The molecular weight excluding hydrogens is 398 g/mol. The highest BCUT2D eigenvalue weighted by atomic mass is 79.9. The molecule has 1 aliphatic rings. The molecule has 1 atom stereocenters. The summed E-state index contributed by atoms with van der Waals surface area (Å²) in [5, 5.41) is 3.05. The number of carbonyl (C=O) groups is 2. The summed E-state index contributed by atoms with van der Waals surface area (Å²) in [6, 6.07) is 5.18. The maximum absolute atomic E-state index is 12.5. The number of piperidine rings is 1. The number of amides is 2. The van der Waals surface area contributed by atoms with E-state index >= 15 is 0 Å². The Morgan fingerprint density at radius 3 is 2.54 bits per heavy atom. The molecule has 1 unspecified atom stereocenters. The summed E-state index contributed by atoms with van der Waals surface area (Å²) in [4.78, 5) is 26.7. The van der Waals surface area contributed by atoms with Crippen LogP contribution in [0.2, 0.25) is 0 Å². The Bertz CT molecular complexity index is 698. The first kappa shape index (κ1) is 20.6. The number of nitrogens with zero attached hydrogens (tertiary/aromatic N) is 1. The van der Waals surface area contributed by atoms with Crippen molar-refractivity contribution in [3.05, 3.63) is 28.2 Å². The third-order valence-corrected chi connectivity index (χ3v) is 4.88. The number of rotatable bonds is 2. The molecule has 1 fully saturated rings. The summed E-state index contributed by atoms with van der Waals surface area (Å²) >= 11 is 3.34.